The third-order valence-corrected chi connectivity index (χ3v) is 4.14. The van der Waals surface area contributed by atoms with Gasteiger partial charge in [0, 0.05) is 17.7 Å². The van der Waals surface area contributed by atoms with E-state index >= 15 is 0 Å². The van der Waals surface area contributed by atoms with Gasteiger partial charge in [-0.2, -0.15) is 0 Å². The molecule has 0 aliphatic carbocycles. The lowest BCUT2D eigenvalue weighted by atomic mass is 10.0. The number of ether oxygens (including phenoxy) is 3. The van der Waals surface area contributed by atoms with Gasteiger partial charge in [0.05, 0.1) is 26.8 Å². The van der Waals surface area contributed by atoms with Crippen LogP contribution < -0.4 is 19.8 Å². The highest BCUT2D eigenvalue weighted by Crippen LogP contribution is 2.31. The Morgan fingerprint density at radius 2 is 1.60 bits per heavy atom. The van der Waals surface area contributed by atoms with Crippen molar-refractivity contribution in [2.75, 3.05) is 21.3 Å². The van der Waals surface area contributed by atoms with Gasteiger partial charge in [-0.3, -0.25) is 4.79 Å². The number of nitrogens with zero attached hydrogens (tertiary/aromatic N) is 1. The summed E-state index contributed by atoms with van der Waals surface area (Å²) in [4.78, 5) is 20.1. The van der Waals surface area contributed by atoms with Gasteiger partial charge in [-0.1, -0.05) is 0 Å². The van der Waals surface area contributed by atoms with Crippen molar-refractivity contribution in [1.29, 1.82) is 0 Å². The van der Waals surface area contributed by atoms with Crippen LogP contribution in [-0.2, 0) is 0 Å². The minimum absolute atomic E-state index is 0.259. The molecule has 3 aromatic rings. The van der Waals surface area contributed by atoms with Crippen molar-refractivity contribution < 1.29 is 14.2 Å². The molecule has 0 atom stereocenters. The van der Waals surface area contributed by atoms with E-state index in [1.54, 1.807) is 26.4 Å². The van der Waals surface area contributed by atoms with Gasteiger partial charge in [-0.15, -0.1) is 0 Å². The van der Waals surface area contributed by atoms with Gasteiger partial charge in [0.15, 0.2) is 0 Å². The van der Waals surface area contributed by atoms with Gasteiger partial charge in [0.25, 0.3) is 5.56 Å². The van der Waals surface area contributed by atoms with Gasteiger partial charge in [-0.05, 0) is 37.1 Å². The van der Waals surface area contributed by atoms with Crippen LogP contribution in [0.2, 0.25) is 0 Å². The monoisotopic (exact) mass is 340 g/mol. The van der Waals surface area contributed by atoms with Crippen molar-refractivity contribution in [2.45, 2.75) is 13.8 Å². The molecule has 0 aliphatic rings. The molecule has 1 aromatic heterocycles. The van der Waals surface area contributed by atoms with Crippen LogP contribution >= 0.6 is 0 Å². The first-order valence-corrected chi connectivity index (χ1v) is 7.80. The Hall–Kier alpha value is -3.02. The molecule has 0 aliphatic heterocycles. The van der Waals surface area contributed by atoms with Crippen molar-refractivity contribution in [2.24, 2.45) is 0 Å². The smallest absolute Gasteiger partial charge is 0.262 e. The third-order valence-electron chi connectivity index (χ3n) is 4.14. The minimum Gasteiger partial charge on any atom is -0.497 e. The maximum absolute atomic E-state index is 12.6. The second-order valence-electron chi connectivity index (χ2n) is 5.78. The van der Waals surface area contributed by atoms with E-state index in [1.807, 2.05) is 26.0 Å². The normalized spacial score (nSPS) is 10.8. The predicted octanol–water partition coefficient (Wildman–Crippen LogP) is 3.23. The minimum atomic E-state index is -0.259. The van der Waals surface area contributed by atoms with Gasteiger partial charge in [0.1, 0.15) is 28.5 Å². The number of benzene rings is 2. The number of aromatic amines is 1. The highest BCUT2D eigenvalue weighted by Gasteiger charge is 2.14. The summed E-state index contributed by atoms with van der Waals surface area (Å²) < 4.78 is 16.0. The fraction of sp³-hybridized carbons (Fsp3) is 0.263. The number of nitrogens with one attached hydrogen (secondary N) is 1. The number of rotatable bonds is 4. The topological polar surface area (TPSA) is 73.4 Å². The quantitative estimate of drug-likeness (QED) is 0.789. The fourth-order valence-electron chi connectivity index (χ4n) is 3.04. The Kier molecular flexibility index (Phi) is 4.35. The van der Waals surface area contributed by atoms with E-state index in [1.165, 1.54) is 7.11 Å². The molecule has 1 heterocycles. The molecule has 0 fully saturated rings. The molecule has 0 bridgehead atoms. The first kappa shape index (κ1) is 16.8. The van der Waals surface area contributed by atoms with Crippen molar-refractivity contribution in [3.8, 4) is 28.6 Å². The molecule has 1 N–H and O–H groups in total. The first-order valence-electron chi connectivity index (χ1n) is 7.80. The Balaban J connectivity index is 2.27. The molecular weight excluding hydrogens is 320 g/mol. The number of methoxy groups -OCH3 is 3. The first-order chi connectivity index (χ1) is 12.0. The number of hydrogen-bond acceptors (Lipinski definition) is 5. The Labute approximate surface area is 145 Å². The van der Waals surface area contributed by atoms with Crippen LogP contribution in [0.5, 0.6) is 17.2 Å². The zero-order valence-electron chi connectivity index (χ0n) is 14.9. The second kappa shape index (κ2) is 6.47. The van der Waals surface area contributed by atoms with Crippen molar-refractivity contribution in [3.05, 3.63) is 45.7 Å². The van der Waals surface area contributed by atoms with E-state index in [0.717, 1.165) is 22.4 Å². The number of H-pyrrole nitrogens is 1. The van der Waals surface area contributed by atoms with Crippen LogP contribution in [0.25, 0.3) is 22.3 Å². The molecule has 130 valence electrons. The molecule has 0 saturated carbocycles. The molecule has 6 heteroatoms. The molecule has 0 amide bonds. The molecule has 25 heavy (non-hydrogen) atoms. The zero-order valence-corrected chi connectivity index (χ0v) is 14.9. The summed E-state index contributed by atoms with van der Waals surface area (Å²) in [7, 11) is 4.71. The molecule has 6 nitrogen and oxygen atoms in total. The SMILES string of the molecule is COc1cc(OC)c2c(=O)[nH]c(-c3cc(C)c(OC)c(C)c3)nc2c1. The van der Waals surface area contributed by atoms with E-state index in [0.29, 0.717) is 28.2 Å². The highest BCUT2D eigenvalue weighted by molar-refractivity contribution is 5.87. The summed E-state index contributed by atoms with van der Waals surface area (Å²) in [5.74, 6) is 2.32. The predicted molar refractivity (Wildman–Crippen MR) is 96.9 cm³/mol. The fourth-order valence-corrected chi connectivity index (χ4v) is 3.04. The summed E-state index contributed by atoms with van der Waals surface area (Å²) in [6.07, 6.45) is 0. The molecule has 0 radical (unpaired) electrons. The molecule has 3 rings (SSSR count). The van der Waals surface area contributed by atoms with Crippen molar-refractivity contribution >= 4 is 10.9 Å². The maximum atomic E-state index is 12.6. The van der Waals surface area contributed by atoms with E-state index < -0.39 is 0 Å². The Bertz CT molecular complexity index is 985. The van der Waals surface area contributed by atoms with Crippen LogP contribution in [0.1, 0.15) is 11.1 Å². The number of hydrogen-bond donors (Lipinski definition) is 1. The standard InChI is InChI=1S/C19H20N2O4/c1-10-6-12(7-11(2)17(10)25-5)18-20-14-8-13(23-3)9-15(24-4)16(14)19(22)21-18/h6-9H,1-5H3,(H,20,21,22). The van der Waals surface area contributed by atoms with Crippen LogP contribution in [-0.4, -0.2) is 31.3 Å². The molecule has 0 saturated heterocycles. The van der Waals surface area contributed by atoms with Gasteiger partial charge < -0.3 is 19.2 Å². The third kappa shape index (κ3) is 2.91. The lowest BCUT2D eigenvalue weighted by Crippen LogP contribution is -2.11. The number of fused-ring (bicyclic) bond motifs is 1. The van der Waals surface area contributed by atoms with E-state index in [9.17, 15) is 4.79 Å². The van der Waals surface area contributed by atoms with E-state index in [-0.39, 0.29) is 5.56 Å². The van der Waals surface area contributed by atoms with Gasteiger partial charge in [0.2, 0.25) is 0 Å². The lowest BCUT2D eigenvalue weighted by molar-refractivity contribution is 0.397. The van der Waals surface area contributed by atoms with E-state index in [4.69, 9.17) is 14.2 Å². The molecule has 2 aromatic carbocycles. The average Bonchev–Trinajstić information content (AvgIpc) is 2.60. The Morgan fingerprint density at radius 1 is 0.920 bits per heavy atom. The molecular formula is C19H20N2O4. The van der Waals surface area contributed by atoms with Crippen LogP contribution in [0.3, 0.4) is 0 Å². The summed E-state index contributed by atoms with van der Waals surface area (Å²) in [6.45, 7) is 3.92. The highest BCUT2D eigenvalue weighted by atomic mass is 16.5. The van der Waals surface area contributed by atoms with Crippen LogP contribution in [0.15, 0.2) is 29.1 Å². The number of aromatic nitrogens is 2. The van der Waals surface area contributed by atoms with Crippen molar-refractivity contribution in [3.63, 3.8) is 0 Å². The average molecular weight is 340 g/mol. The van der Waals surface area contributed by atoms with Crippen molar-refractivity contribution in [1.82, 2.24) is 9.97 Å². The lowest BCUT2D eigenvalue weighted by Gasteiger charge is -2.12. The van der Waals surface area contributed by atoms with Gasteiger partial charge in [-0.25, -0.2) is 4.98 Å². The summed E-state index contributed by atoms with van der Waals surface area (Å²) in [6, 6.07) is 7.27. The molecule has 0 unspecified atom stereocenters. The summed E-state index contributed by atoms with van der Waals surface area (Å²) in [5, 5.41) is 0.397. The Morgan fingerprint density at radius 3 is 2.16 bits per heavy atom. The zero-order chi connectivity index (χ0) is 18.1. The molecule has 0 spiro atoms. The van der Waals surface area contributed by atoms with Crippen LogP contribution in [0.4, 0.5) is 0 Å². The summed E-state index contributed by atoms with van der Waals surface area (Å²) >= 11 is 0. The number of aryl methyl sites for hydroxylation is 2. The summed E-state index contributed by atoms with van der Waals surface area (Å²) in [5.41, 5.74) is 3.02. The van der Waals surface area contributed by atoms with Crippen LogP contribution in [0, 0.1) is 13.8 Å². The largest absolute Gasteiger partial charge is 0.497 e. The maximum Gasteiger partial charge on any atom is 0.262 e. The second-order valence-corrected chi connectivity index (χ2v) is 5.78. The van der Waals surface area contributed by atoms with Gasteiger partial charge >= 0.3 is 0 Å². The van der Waals surface area contributed by atoms with E-state index in [2.05, 4.69) is 9.97 Å².